The third-order valence-corrected chi connectivity index (χ3v) is 12.4. The Kier molecular flexibility index (Phi) is 9.82. The summed E-state index contributed by atoms with van der Waals surface area (Å²) in [5.41, 5.74) is 4.26. The van der Waals surface area contributed by atoms with Crippen molar-refractivity contribution in [3.63, 3.8) is 0 Å². The normalized spacial score (nSPS) is 21.0. The molecule has 0 radical (unpaired) electrons. The number of imide groups is 1. The van der Waals surface area contributed by atoms with Crippen LogP contribution < -0.4 is 37.4 Å². The number of hydrogen-bond donors (Lipinski definition) is 4. The van der Waals surface area contributed by atoms with Crippen LogP contribution in [0.4, 0.5) is 27.3 Å². The molecule has 320 valence electrons. The minimum absolute atomic E-state index is 0.145. The summed E-state index contributed by atoms with van der Waals surface area (Å²) in [5.74, 6) is -0.476. The quantitative estimate of drug-likeness (QED) is 0.137. The van der Waals surface area contributed by atoms with Crippen LogP contribution in [-0.2, 0) is 23.2 Å². The van der Waals surface area contributed by atoms with Crippen LogP contribution in [-0.4, -0.2) is 125 Å². The number of alkyl halides is 1. The van der Waals surface area contributed by atoms with Gasteiger partial charge in [0.1, 0.15) is 23.7 Å². The second kappa shape index (κ2) is 15.5. The standard InChI is InChI=1S/C42H45FN14O5/c1-44-30-18-35(50-57-34(20-46-38(30)57)40(60)48-29-17-27(29)43)47-28-4-3-11-55(41(28)61)36-9-5-24(19-45-36)21-52-22-26(23-52)54-14-12-53(13-15-54)25-6-7-31-33(16-25)51(2)42(62)56(31)32-8-10-37(58)49-39(32)59/h3-7,9,11,16,18-20,26-27,29,32,44H,8,10,12-15,17,21-23H2,1-2H3,(H,47,50)(H,48,60)(H,49,58,59)/t27-,29+,32?/m0/s1. The topological polar surface area (TPSA) is 201 Å². The Labute approximate surface area is 353 Å². The molecule has 1 aliphatic carbocycles. The number of aryl methyl sites for hydroxylation is 1. The molecule has 1 saturated carbocycles. The van der Waals surface area contributed by atoms with Crippen LogP contribution in [0.2, 0.25) is 0 Å². The molecule has 6 aromatic rings. The molecule has 5 aromatic heterocycles. The molecule has 3 amide bonds. The summed E-state index contributed by atoms with van der Waals surface area (Å²) < 4.78 is 19.4. The predicted octanol–water partition coefficient (Wildman–Crippen LogP) is 1.54. The number of nitrogens with one attached hydrogen (secondary N) is 4. The van der Waals surface area contributed by atoms with Crippen molar-refractivity contribution in [3.05, 3.63) is 99.2 Å². The molecule has 20 heteroatoms. The summed E-state index contributed by atoms with van der Waals surface area (Å²) in [6.45, 7) is 6.14. The van der Waals surface area contributed by atoms with Crippen molar-refractivity contribution in [1.29, 1.82) is 0 Å². The molecule has 4 N–H and O–H groups in total. The number of imidazole rings is 2. The first-order chi connectivity index (χ1) is 30.0. The van der Waals surface area contributed by atoms with E-state index in [0.717, 1.165) is 62.6 Å². The van der Waals surface area contributed by atoms with Crippen LogP contribution in [0.3, 0.4) is 0 Å². The van der Waals surface area contributed by atoms with Gasteiger partial charge >= 0.3 is 5.69 Å². The molecule has 1 unspecified atom stereocenters. The van der Waals surface area contributed by atoms with E-state index in [0.29, 0.717) is 40.9 Å². The van der Waals surface area contributed by atoms with Gasteiger partial charge in [0.2, 0.25) is 11.8 Å². The molecule has 3 atom stereocenters. The fourth-order valence-electron chi connectivity index (χ4n) is 8.77. The summed E-state index contributed by atoms with van der Waals surface area (Å²) in [7, 11) is 3.43. The highest BCUT2D eigenvalue weighted by atomic mass is 19.1. The highest BCUT2D eigenvalue weighted by molar-refractivity contribution is 6.00. The zero-order valence-electron chi connectivity index (χ0n) is 34.1. The van der Waals surface area contributed by atoms with E-state index >= 15 is 0 Å². The lowest BCUT2D eigenvalue weighted by Crippen LogP contribution is -2.62. The number of benzene rings is 1. The lowest BCUT2D eigenvalue weighted by atomic mass is 10.0. The van der Waals surface area contributed by atoms with Gasteiger partial charge in [-0.25, -0.2) is 23.7 Å². The highest BCUT2D eigenvalue weighted by Gasteiger charge is 2.39. The molecule has 8 heterocycles. The molecule has 10 rings (SSSR count). The first kappa shape index (κ1) is 39.2. The summed E-state index contributed by atoms with van der Waals surface area (Å²) >= 11 is 0. The second-order valence-electron chi connectivity index (χ2n) is 16.4. The van der Waals surface area contributed by atoms with E-state index in [4.69, 9.17) is 0 Å². The monoisotopic (exact) mass is 844 g/mol. The Balaban J connectivity index is 0.741. The summed E-state index contributed by atoms with van der Waals surface area (Å²) in [5, 5.41) is 15.7. The lowest BCUT2D eigenvalue weighted by Gasteiger charge is -2.48. The number of likely N-dealkylation sites (tertiary alicyclic amines) is 1. The molecule has 1 aromatic carbocycles. The average molecular weight is 845 g/mol. The maximum absolute atomic E-state index is 13.7. The summed E-state index contributed by atoms with van der Waals surface area (Å²) in [6.07, 6.45) is 4.57. The summed E-state index contributed by atoms with van der Waals surface area (Å²) in [6, 6.07) is 14.0. The van der Waals surface area contributed by atoms with Crippen molar-refractivity contribution in [2.24, 2.45) is 7.05 Å². The zero-order chi connectivity index (χ0) is 42.8. The highest BCUT2D eigenvalue weighted by Crippen LogP contribution is 2.29. The number of aromatic nitrogens is 7. The van der Waals surface area contributed by atoms with Crippen molar-refractivity contribution in [2.75, 3.05) is 61.8 Å². The van der Waals surface area contributed by atoms with Gasteiger partial charge in [0.25, 0.3) is 11.5 Å². The number of piperazine rings is 1. The minimum atomic E-state index is -1.05. The second-order valence-corrected chi connectivity index (χ2v) is 16.4. The number of halogens is 1. The van der Waals surface area contributed by atoms with E-state index in [1.165, 1.54) is 19.8 Å². The van der Waals surface area contributed by atoms with Crippen LogP contribution in [0.25, 0.3) is 22.5 Å². The number of carbonyl (C=O) groups is 3. The zero-order valence-corrected chi connectivity index (χ0v) is 34.1. The Morgan fingerprint density at radius 3 is 2.48 bits per heavy atom. The smallest absolute Gasteiger partial charge is 0.329 e. The van der Waals surface area contributed by atoms with Gasteiger partial charge in [-0.3, -0.25) is 48.0 Å². The van der Waals surface area contributed by atoms with E-state index in [1.807, 2.05) is 30.3 Å². The maximum Gasteiger partial charge on any atom is 0.329 e. The number of fused-ring (bicyclic) bond motifs is 2. The van der Waals surface area contributed by atoms with E-state index < -0.39 is 30.1 Å². The Hall–Kier alpha value is -6.93. The van der Waals surface area contributed by atoms with Crippen LogP contribution in [0.1, 0.15) is 41.4 Å². The van der Waals surface area contributed by atoms with Crippen molar-refractivity contribution in [1.82, 2.24) is 53.7 Å². The van der Waals surface area contributed by atoms with Crippen LogP contribution in [0.15, 0.2) is 76.7 Å². The van der Waals surface area contributed by atoms with E-state index in [9.17, 15) is 28.4 Å². The molecule has 4 aliphatic rings. The number of anilines is 4. The largest absolute Gasteiger partial charge is 0.385 e. The van der Waals surface area contributed by atoms with Crippen molar-refractivity contribution in [2.45, 2.75) is 50.1 Å². The van der Waals surface area contributed by atoms with Crippen LogP contribution >= 0.6 is 0 Å². The van der Waals surface area contributed by atoms with Crippen molar-refractivity contribution >= 4 is 57.3 Å². The number of piperidine rings is 1. The molecule has 0 spiro atoms. The van der Waals surface area contributed by atoms with Crippen molar-refractivity contribution in [3.8, 4) is 5.82 Å². The predicted molar refractivity (Wildman–Crippen MR) is 228 cm³/mol. The minimum Gasteiger partial charge on any atom is -0.385 e. The number of hydrogen-bond acceptors (Lipinski definition) is 13. The maximum atomic E-state index is 13.7. The van der Waals surface area contributed by atoms with Gasteiger partial charge in [0.05, 0.1) is 29.0 Å². The molecular formula is C42H45FN14O5. The molecular weight excluding hydrogens is 800 g/mol. The van der Waals surface area contributed by atoms with E-state index in [1.54, 1.807) is 49.3 Å². The Morgan fingerprint density at radius 2 is 1.76 bits per heavy atom. The van der Waals surface area contributed by atoms with Gasteiger partial charge < -0.3 is 20.9 Å². The van der Waals surface area contributed by atoms with Gasteiger partial charge in [0, 0.05) is 103 Å². The van der Waals surface area contributed by atoms with Gasteiger partial charge in [-0.05, 0) is 48.4 Å². The molecule has 4 fully saturated rings. The first-order valence-electron chi connectivity index (χ1n) is 20.7. The Morgan fingerprint density at radius 1 is 0.952 bits per heavy atom. The van der Waals surface area contributed by atoms with Gasteiger partial charge in [0.15, 0.2) is 17.2 Å². The SMILES string of the molecule is CNc1cc(Nc2cccn(-c3ccc(CN4CC(N5CCN(c6ccc7c(c6)n(C)c(=O)n7C6CCC(=O)NC6=O)CC5)C4)cn3)c2=O)nn2c(C(=O)N[C@@H]3C[C@@H]3F)cnc12. The van der Waals surface area contributed by atoms with E-state index in [2.05, 4.69) is 51.0 Å². The van der Waals surface area contributed by atoms with Crippen molar-refractivity contribution < 1.29 is 18.8 Å². The molecule has 3 saturated heterocycles. The lowest BCUT2D eigenvalue weighted by molar-refractivity contribution is -0.135. The summed E-state index contributed by atoms with van der Waals surface area (Å²) in [4.78, 5) is 80.3. The third kappa shape index (κ3) is 7.13. The third-order valence-electron chi connectivity index (χ3n) is 12.4. The van der Waals surface area contributed by atoms with Crippen LogP contribution in [0, 0.1) is 0 Å². The molecule has 19 nitrogen and oxygen atoms in total. The number of nitrogens with zero attached hydrogens (tertiary/aromatic N) is 10. The number of rotatable bonds is 11. The van der Waals surface area contributed by atoms with E-state index in [-0.39, 0.29) is 41.4 Å². The first-order valence-corrected chi connectivity index (χ1v) is 20.7. The van der Waals surface area contributed by atoms with Crippen LogP contribution in [0.5, 0.6) is 0 Å². The van der Waals surface area contributed by atoms with Gasteiger partial charge in [-0.2, -0.15) is 0 Å². The number of amides is 3. The fraction of sp³-hybridized carbons (Fsp3) is 0.381. The van der Waals surface area contributed by atoms with Gasteiger partial charge in [-0.1, -0.05) is 6.07 Å². The van der Waals surface area contributed by atoms with Gasteiger partial charge in [-0.15, -0.1) is 5.10 Å². The number of carbonyl (C=O) groups excluding carboxylic acids is 3. The average Bonchev–Trinajstić information content (AvgIpc) is 3.67. The molecule has 0 bridgehead atoms. The number of pyridine rings is 2. The molecule has 62 heavy (non-hydrogen) atoms. The fourth-order valence-corrected chi connectivity index (χ4v) is 8.77. The Bertz CT molecular complexity index is 2870. The molecule has 3 aliphatic heterocycles.